The van der Waals surface area contributed by atoms with E-state index < -0.39 is 61.1 Å². The molecule has 0 saturated carbocycles. The van der Waals surface area contributed by atoms with Crippen molar-refractivity contribution in [3.8, 4) is 5.75 Å². The van der Waals surface area contributed by atoms with Crippen molar-refractivity contribution in [2.45, 2.75) is 88.5 Å². The van der Waals surface area contributed by atoms with Crippen LogP contribution in [0.4, 0.5) is 11.5 Å². The molecule has 6 rings (SSSR count). The Morgan fingerprint density at radius 1 is 0.618 bits per heavy atom. The van der Waals surface area contributed by atoms with Gasteiger partial charge in [-0.25, -0.2) is 9.97 Å². The number of quaternary nitrogens is 1. The number of aromatic nitrogens is 3. The van der Waals surface area contributed by atoms with E-state index in [1.165, 1.54) is 0 Å². The lowest BCUT2D eigenvalue weighted by Crippen LogP contribution is -2.60. The van der Waals surface area contributed by atoms with Gasteiger partial charge < -0.3 is 128 Å². The molecule has 0 aliphatic carbocycles. The first-order valence-electron chi connectivity index (χ1n) is 34.3. The molecule has 33 heteroatoms. The van der Waals surface area contributed by atoms with Crippen LogP contribution in [0.1, 0.15) is 59.2 Å². The largest absolute Gasteiger partial charge is 0.561 e. The number of anilines is 2. The minimum atomic E-state index is -1.72. The van der Waals surface area contributed by atoms with E-state index in [2.05, 4.69) is 55.9 Å². The highest BCUT2D eigenvalue weighted by Gasteiger charge is 2.45. The maximum Gasteiger partial charge on any atom is 0.549 e. The van der Waals surface area contributed by atoms with Crippen LogP contribution in [-0.4, -0.2) is 298 Å². The van der Waals surface area contributed by atoms with Crippen molar-refractivity contribution in [1.29, 1.82) is 0 Å². The number of aliphatic hydroxyl groups excluding tert-OH is 4. The summed E-state index contributed by atoms with van der Waals surface area (Å²) in [6.45, 7) is 11.5. The van der Waals surface area contributed by atoms with E-state index in [1.807, 2.05) is 28.8 Å². The number of nitrogen functional groups attached to an aromatic ring is 1. The second kappa shape index (κ2) is 48.0. The van der Waals surface area contributed by atoms with Crippen molar-refractivity contribution in [2.24, 2.45) is 5.73 Å². The quantitative estimate of drug-likeness (QED) is 0.0149. The highest BCUT2D eigenvalue weighted by Crippen LogP contribution is 2.34. The summed E-state index contributed by atoms with van der Waals surface area (Å²) >= 11 is 3.59. The Hall–Kier alpha value is -6.26. The van der Waals surface area contributed by atoms with Gasteiger partial charge in [-0.1, -0.05) is 24.3 Å². The van der Waals surface area contributed by atoms with Crippen LogP contribution < -0.4 is 32.2 Å². The number of carbonyl (C=O) groups excluding carboxylic acids is 4. The van der Waals surface area contributed by atoms with Crippen molar-refractivity contribution in [2.75, 3.05) is 204 Å². The molecule has 102 heavy (non-hydrogen) atoms. The van der Waals surface area contributed by atoms with Crippen LogP contribution in [-0.2, 0) is 95.6 Å². The number of methoxy groups -OCH3 is 1. The molecule has 5 aromatic rings. The van der Waals surface area contributed by atoms with Crippen LogP contribution in [0.25, 0.3) is 21.9 Å². The monoisotopic (exact) mass is 1510 g/mol. The van der Waals surface area contributed by atoms with Crippen LogP contribution in [0.3, 0.4) is 0 Å². The third-order valence-electron chi connectivity index (χ3n) is 15.8. The van der Waals surface area contributed by atoms with Gasteiger partial charge in [-0.15, -0.1) is 0 Å². The number of halogens is 1. The number of fused-ring (bicyclic) bond motifs is 3. The molecule has 13 N–H and O–H groups in total. The minimum Gasteiger partial charge on any atom is -0.561 e. The Morgan fingerprint density at radius 3 is 1.66 bits per heavy atom. The fourth-order valence-electron chi connectivity index (χ4n) is 10.5. The van der Waals surface area contributed by atoms with E-state index in [-0.39, 0.29) is 54.7 Å². The number of carbonyl (C=O) groups is 4. The summed E-state index contributed by atoms with van der Waals surface area (Å²) in [7, 11) is 5.73. The first-order chi connectivity index (χ1) is 49.4. The number of ether oxygens (including phenoxy) is 14. The third-order valence-corrected chi connectivity index (χ3v) is 16.4. The number of imidazole rings is 1. The Labute approximate surface area is 602 Å². The van der Waals surface area contributed by atoms with Gasteiger partial charge in [0.05, 0.1) is 202 Å². The summed E-state index contributed by atoms with van der Waals surface area (Å²) in [5, 5.41) is 58.2. The molecule has 1 aliphatic rings. The van der Waals surface area contributed by atoms with E-state index in [4.69, 9.17) is 82.9 Å². The summed E-state index contributed by atoms with van der Waals surface area (Å²) in [5.74, 6) is -1.68. The molecule has 32 nitrogen and oxygen atoms in total. The minimum absolute atomic E-state index is 0.0476. The second-order valence-electron chi connectivity index (χ2n) is 24.5. The SMILES string of the molecule is COCCOCCOCCOCCOCCOCCOCCOCCOCCOCCOCCOCCC(=O)NCCCC[C@H](N)C(=O)NCCC(=O)Nc1cc(C[N+](C)(C)Cc2ccc(Cn3c(Br)nc4c(N)nc5cc(C(=O)[OH2+])ccc5c43)cc2)ccc1O[C@H]1O[C@H](CO)[C@@H](O)[C@H](O)[C@@H]1O. The van der Waals surface area contributed by atoms with Gasteiger partial charge in [0.1, 0.15) is 54.3 Å². The maximum absolute atomic E-state index is 13.6. The number of hydrogen-bond acceptors (Lipinski definition) is 26. The number of benzene rings is 3. The molecule has 1 aliphatic heterocycles. The lowest BCUT2D eigenvalue weighted by Gasteiger charge is -2.39. The molecule has 3 aromatic carbocycles. The van der Waals surface area contributed by atoms with Gasteiger partial charge in [0.15, 0.2) is 10.6 Å². The van der Waals surface area contributed by atoms with Crippen LogP contribution >= 0.6 is 15.9 Å². The molecule has 0 radical (unpaired) electrons. The van der Waals surface area contributed by atoms with E-state index in [1.54, 1.807) is 43.5 Å². The third kappa shape index (κ3) is 31.2. The fraction of sp³-hybridized carbons (Fsp3) is 0.623. The first-order valence-corrected chi connectivity index (χ1v) is 35.1. The number of unbranched alkanes of at least 4 members (excludes halogenated alkanes) is 1. The smallest absolute Gasteiger partial charge is 0.549 e. The Kier molecular flexibility index (Phi) is 39.8. The molecule has 0 spiro atoms. The molecule has 3 heterocycles. The van der Waals surface area contributed by atoms with Crippen molar-refractivity contribution >= 4 is 73.1 Å². The number of nitrogens with one attached hydrogen (secondary N) is 3. The van der Waals surface area contributed by atoms with E-state index in [0.717, 1.165) is 27.6 Å². The summed E-state index contributed by atoms with van der Waals surface area (Å²) in [6, 6.07) is 17.3. The molecular weight excluding hydrogens is 1400 g/mol. The van der Waals surface area contributed by atoms with Crippen molar-refractivity contribution < 1.29 is 116 Å². The zero-order valence-corrected chi connectivity index (χ0v) is 60.3. The number of hydrogen-bond donors (Lipinski definition) is 9. The molecule has 3 amide bonds. The number of nitrogens with two attached hydrogens (primary N) is 2. The molecule has 1 fully saturated rings. The van der Waals surface area contributed by atoms with Gasteiger partial charge in [0.2, 0.25) is 24.0 Å². The van der Waals surface area contributed by atoms with Gasteiger partial charge >= 0.3 is 5.97 Å². The summed E-state index contributed by atoms with van der Waals surface area (Å²) in [6.07, 6.45) is -6.31. The lowest BCUT2D eigenvalue weighted by molar-refractivity contribution is -0.916. The Balaban J connectivity index is 0.777. The topological polar surface area (TPSA) is 420 Å². The average molecular weight is 1510 g/mol. The van der Waals surface area contributed by atoms with Crippen molar-refractivity contribution in [1.82, 2.24) is 25.2 Å². The van der Waals surface area contributed by atoms with Gasteiger partial charge in [-0.2, -0.15) is 0 Å². The van der Waals surface area contributed by atoms with Crippen LogP contribution in [0.5, 0.6) is 5.75 Å². The fourth-order valence-corrected chi connectivity index (χ4v) is 11.0. The molecule has 1 saturated heterocycles. The molecule has 6 atom stereocenters. The standard InChI is InChI=1S/C69H104BrN9O23/c1-79(2,45-49-9-7-48(8-10-49)44-78-61-52-13-12-51(67(87)88)43-54(52)76-65(72)60(61)77-69(78)70)46-50-11-14-56(101-68-64(85)63(84)62(83)57(47-80)102-68)55(42-50)75-59(82)15-18-74-66(86)53(71)6-4-5-17-73-58(81)16-19-90-22-23-92-26-27-94-30-31-96-34-35-98-38-39-100-41-40-99-37-36-97-33-32-95-29-28-93-25-24-91-21-20-89-3/h7-14,42-43,53,57,62-64,68,80,83-85H,4-6,15-41,44-47,71H2,1-3H3,(H5-,72,73,74,75,76,81,82,86,87,88)/p+2/t53-,57+,62+,63-,64-,68-/m0/s1. The van der Waals surface area contributed by atoms with Crippen molar-refractivity contribution in [3.63, 3.8) is 0 Å². The maximum atomic E-state index is 13.6. The predicted molar refractivity (Wildman–Crippen MR) is 378 cm³/mol. The number of aliphatic hydroxyl groups is 4. The number of pyridine rings is 1. The Bertz CT molecular complexity index is 3250. The second-order valence-corrected chi connectivity index (χ2v) is 25.2. The van der Waals surface area contributed by atoms with Crippen LogP contribution in [0.15, 0.2) is 65.4 Å². The lowest BCUT2D eigenvalue weighted by atomic mass is 9.99. The van der Waals surface area contributed by atoms with Gasteiger partial charge in [0.25, 0.3) is 0 Å². The van der Waals surface area contributed by atoms with Crippen LogP contribution in [0.2, 0.25) is 0 Å². The van der Waals surface area contributed by atoms with E-state index in [9.17, 15) is 39.6 Å². The number of amides is 3. The highest BCUT2D eigenvalue weighted by molar-refractivity contribution is 9.10. The summed E-state index contributed by atoms with van der Waals surface area (Å²) in [5.41, 5.74) is 17.4. The zero-order chi connectivity index (χ0) is 73.3. The Morgan fingerprint density at radius 2 is 1.13 bits per heavy atom. The van der Waals surface area contributed by atoms with Crippen molar-refractivity contribution in [3.05, 3.63) is 87.7 Å². The summed E-state index contributed by atoms with van der Waals surface area (Å²) < 4.78 is 79.9. The number of rotatable bonds is 56. The molecule has 570 valence electrons. The molecule has 0 unspecified atom stereocenters. The van der Waals surface area contributed by atoms with Gasteiger partial charge in [-0.05, 0) is 77.2 Å². The summed E-state index contributed by atoms with van der Waals surface area (Å²) in [4.78, 5) is 59.8. The number of nitrogens with zero attached hydrogens (tertiary/aromatic N) is 4. The van der Waals surface area contributed by atoms with Gasteiger partial charge in [0, 0.05) is 54.3 Å². The first kappa shape index (κ1) is 84.7. The van der Waals surface area contributed by atoms with E-state index >= 15 is 0 Å². The van der Waals surface area contributed by atoms with Crippen LogP contribution in [0, 0.1) is 0 Å². The highest BCUT2D eigenvalue weighted by atomic mass is 79.9. The molecule has 0 bridgehead atoms. The normalized spacial score (nSPS) is 16.6. The van der Waals surface area contributed by atoms with E-state index in [0.29, 0.717) is 211 Å². The molecule has 2 aromatic heterocycles. The predicted octanol–water partition coefficient (Wildman–Crippen LogP) is 1.08. The zero-order valence-electron chi connectivity index (χ0n) is 58.7. The molecular formula is C69H106BrN9O23+2. The van der Waals surface area contributed by atoms with Gasteiger partial charge in [-0.3, -0.25) is 14.4 Å². The average Bonchev–Trinajstić information content (AvgIpc) is 1.57.